The average Bonchev–Trinajstić information content (AvgIpc) is 2.68. The summed E-state index contributed by atoms with van der Waals surface area (Å²) in [7, 11) is 1.46. The Kier molecular flexibility index (Phi) is 4.84. The number of fused-ring (bicyclic) bond motifs is 1. The van der Waals surface area contributed by atoms with E-state index in [1.165, 1.54) is 24.1 Å². The second-order valence-electron chi connectivity index (χ2n) is 6.29. The minimum atomic E-state index is -0.739. The van der Waals surface area contributed by atoms with E-state index < -0.39 is 12.0 Å². The molecule has 0 fully saturated rings. The Morgan fingerprint density at radius 3 is 2.68 bits per heavy atom. The van der Waals surface area contributed by atoms with E-state index in [0.29, 0.717) is 28.3 Å². The molecule has 3 aromatic carbocycles. The van der Waals surface area contributed by atoms with Crippen LogP contribution in [-0.2, 0) is 0 Å². The third-order valence-electron chi connectivity index (χ3n) is 4.61. The number of amides is 1. The lowest BCUT2D eigenvalue weighted by atomic mass is 10.0. The van der Waals surface area contributed by atoms with Crippen LogP contribution in [0.1, 0.15) is 22.1 Å². The quantitative estimate of drug-likeness (QED) is 0.513. The van der Waals surface area contributed by atoms with E-state index in [1.807, 2.05) is 12.1 Å². The topological polar surface area (TPSA) is 61.8 Å². The Labute approximate surface area is 174 Å². The van der Waals surface area contributed by atoms with Crippen molar-refractivity contribution in [3.05, 3.63) is 81.2 Å². The highest BCUT2D eigenvalue weighted by molar-refractivity contribution is 14.1. The zero-order valence-electron chi connectivity index (χ0n) is 14.8. The Morgan fingerprint density at radius 1 is 1.14 bits per heavy atom. The van der Waals surface area contributed by atoms with Crippen LogP contribution in [0.25, 0.3) is 0 Å². The number of anilines is 2. The van der Waals surface area contributed by atoms with Crippen molar-refractivity contribution in [3.63, 3.8) is 0 Å². The van der Waals surface area contributed by atoms with Crippen LogP contribution in [0.2, 0.25) is 0 Å². The molecule has 0 saturated heterocycles. The number of hydrogen-bond acceptors (Lipinski definition) is 4. The summed E-state index contributed by atoms with van der Waals surface area (Å²) in [6.07, 6.45) is -0.739. The number of nitrogens with one attached hydrogen (secondary N) is 1. The molecule has 28 heavy (non-hydrogen) atoms. The highest BCUT2D eigenvalue weighted by atomic mass is 127. The molecule has 1 aliphatic rings. The van der Waals surface area contributed by atoms with Gasteiger partial charge in [0.25, 0.3) is 5.91 Å². The summed E-state index contributed by atoms with van der Waals surface area (Å²) in [4.78, 5) is 14.8. The fraction of sp³-hybridized carbons (Fsp3) is 0.0952. The summed E-state index contributed by atoms with van der Waals surface area (Å²) in [6.45, 7) is 0. The first-order valence-corrected chi connectivity index (χ1v) is 9.58. The predicted molar refractivity (Wildman–Crippen MR) is 113 cm³/mol. The van der Waals surface area contributed by atoms with E-state index in [0.717, 1.165) is 3.57 Å². The van der Waals surface area contributed by atoms with Crippen LogP contribution in [0.5, 0.6) is 11.5 Å². The second-order valence-corrected chi connectivity index (χ2v) is 7.54. The second kappa shape index (κ2) is 7.31. The van der Waals surface area contributed by atoms with Crippen molar-refractivity contribution in [2.45, 2.75) is 6.17 Å². The first-order chi connectivity index (χ1) is 13.5. The molecule has 142 valence electrons. The lowest BCUT2D eigenvalue weighted by Gasteiger charge is -2.38. The number of ether oxygens (including phenoxy) is 1. The molecule has 0 aromatic heterocycles. The van der Waals surface area contributed by atoms with Crippen molar-refractivity contribution < 1.29 is 19.0 Å². The van der Waals surface area contributed by atoms with Crippen LogP contribution in [0.4, 0.5) is 15.8 Å². The first-order valence-electron chi connectivity index (χ1n) is 8.50. The molecule has 0 saturated carbocycles. The van der Waals surface area contributed by atoms with Gasteiger partial charge in [0.1, 0.15) is 12.0 Å². The van der Waals surface area contributed by atoms with E-state index in [2.05, 4.69) is 27.9 Å². The van der Waals surface area contributed by atoms with E-state index in [9.17, 15) is 14.3 Å². The molecule has 0 bridgehead atoms. The SMILES string of the molecule is COc1cccc(C2Nc3ccc(I)cc3C(=O)N2c2cccc(F)c2)c1O. The number of aromatic hydroxyl groups is 1. The average molecular weight is 490 g/mol. The van der Waals surface area contributed by atoms with Gasteiger partial charge in [-0.3, -0.25) is 9.69 Å². The third-order valence-corrected chi connectivity index (χ3v) is 5.28. The van der Waals surface area contributed by atoms with Crippen LogP contribution < -0.4 is 15.0 Å². The van der Waals surface area contributed by atoms with Crippen molar-refractivity contribution in [1.29, 1.82) is 0 Å². The number of halogens is 2. The number of carbonyl (C=O) groups is 1. The molecule has 1 atom stereocenters. The van der Waals surface area contributed by atoms with E-state index in [4.69, 9.17) is 4.74 Å². The maximum absolute atomic E-state index is 13.9. The molecule has 3 aromatic rings. The maximum atomic E-state index is 13.9. The van der Waals surface area contributed by atoms with Gasteiger partial charge in [-0.25, -0.2) is 4.39 Å². The van der Waals surface area contributed by atoms with Crippen molar-refractivity contribution in [2.75, 3.05) is 17.3 Å². The molecular weight excluding hydrogens is 474 g/mol. The lowest BCUT2D eigenvalue weighted by Crippen LogP contribution is -2.43. The largest absolute Gasteiger partial charge is 0.504 e. The molecule has 4 rings (SSSR count). The number of para-hydroxylation sites is 1. The number of rotatable bonds is 3. The normalized spacial score (nSPS) is 15.8. The summed E-state index contributed by atoms with van der Waals surface area (Å²) in [5.74, 6) is -0.526. The van der Waals surface area contributed by atoms with Gasteiger partial charge in [0.05, 0.1) is 12.7 Å². The van der Waals surface area contributed by atoms with Crippen molar-refractivity contribution in [2.24, 2.45) is 0 Å². The van der Waals surface area contributed by atoms with Crippen LogP contribution in [0, 0.1) is 9.39 Å². The fourth-order valence-electron chi connectivity index (χ4n) is 3.31. The van der Waals surface area contributed by atoms with Crippen LogP contribution in [-0.4, -0.2) is 18.1 Å². The molecule has 7 heteroatoms. The number of carbonyl (C=O) groups excluding carboxylic acids is 1. The monoisotopic (exact) mass is 490 g/mol. The molecule has 2 N–H and O–H groups in total. The maximum Gasteiger partial charge on any atom is 0.262 e. The molecule has 1 aliphatic heterocycles. The molecule has 1 heterocycles. The van der Waals surface area contributed by atoms with Crippen LogP contribution >= 0.6 is 22.6 Å². The Morgan fingerprint density at radius 2 is 1.93 bits per heavy atom. The van der Waals surface area contributed by atoms with E-state index in [-0.39, 0.29) is 11.7 Å². The number of phenols is 1. The minimum absolute atomic E-state index is 0.0781. The van der Waals surface area contributed by atoms with Gasteiger partial charge < -0.3 is 15.2 Å². The molecule has 1 amide bonds. The predicted octanol–water partition coefficient (Wildman–Crippen LogP) is 4.92. The zero-order valence-corrected chi connectivity index (χ0v) is 17.0. The Hall–Kier alpha value is -2.81. The van der Waals surface area contributed by atoms with Gasteiger partial charge in [-0.2, -0.15) is 0 Å². The Balaban J connectivity index is 1.92. The summed E-state index contributed by atoms with van der Waals surface area (Å²) in [6, 6.07) is 16.4. The lowest BCUT2D eigenvalue weighted by molar-refractivity contribution is 0.0974. The molecule has 5 nitrogen and oxygen atoms in total. The number of phenolic OH excluding ortho intramolecular Hbond substituents is 1. The van der Waals surface area contributed by atoms with Gasteiger partial charge in [0.2, 0.25) is 0 Å². The third kappa shape index (κ3) is 3.15. The van der Waals surface area contributed by atoms with Gasteiger partial charge in [0.15, 0.2) is 11.5 Å². The summed E-state index contributed by atoms with van der Waals surface area (Å²) >= 11 is 2.14. The van der Waals surface area contributed by atoms with E-state index in [1.54, 1.807) is 36.4 Å². The van der Waals surface area contributed by atoms with Crippen LogP contribution in [0.15, 0.2) is 60.7 Å². The highest BCUT2D eigenvalue weighted by Gasteiger charge is 2.36. The highest BCUT2D eigenvalue weighted by Crippen LogP contribution is 2.42. The molecule has 1 unspecified atom stereocenters. The van der Waals surface area contributed by atoms with Gasteiger partial charge in [-0.05, 0) is 65.1 Å². The fourth-order valence-corrected chi connectivity index (χ4v) is 3.80. The molecule has 0 aliphatic carbocycles. The standard InChI is InChI=1S/C21H16FIN2O3/c1-28-18-7-3-6-15(19(18)26)20-24-17-9-8-13(23)11-16(17)21(27)25(20)14-5-2-4-12(22)10-14/h2-11,20,24,26H,1H3. The molecule has 0 radical (unpaired) electrons. The van der Waals surface area contributed by atoms with E-state index >= 15 is 0 Å². The Bertz CT molecular complexity index is 1070. The van der Waals surface area contributed by atoms with Crippen molar-refractivity contribution in [1.82, 2.24) is 0 Å². The number of hydrogen-bond donors (Lipinski definition) is 2. The number of benzene rings is 3. The number of methoxy groups -OCH3 is 1. The van der Waals surface area contributed by atoms with Gasteiger partial charge in [0, 0.05) is 20.5 Å². The molecular formula is C21H16FIN2O3. The van der Waals surface area contributed by atoms with Crippen LogP contribution in [0.3, 0.4) is 0 Å². The van der Waals surface area contributed by atoms with Gasteiger partial charge in [-0.1, -0.05) is 18.2 Å². The van der Waals surface area contributed by atoms with Gasteiger partial charge in [-0.15, -0.1) is 0 Å². The van der Waals surface area contributed by atoms with Crippen molar-refractivity contribution in [3.8, 4) is 11.5 Å². The number of nitrogens with zero attached hydrogens (tertiary/aromatic N) is 1. The summed E-state index contributed by atoms with van der Waals surface area (Å²) < 4.78 is 20.0. The van der Waals surface area contributed by atoms with Gasteiger partial charge >= 0.3 is 0 Å². The minimum Gasteiger partial charge on any atom is -0.504 e. The summed E-state index contributed by atoms with van der Waals surface area (Å²) in [5.41, 5.74) is 1.95. The summed E-state index contributed by atoms with van der Waals surface area (Å²) in [5, 5.41) is 14.0. The van der Waals surface area contributed by atoms with Crippen molar-refractivity contribution >= 4 is 39.9 Å². The first kappa shape index (κ1) is 18.5. The zero-order chi connectivity index (χ0) is 19.8. The molecule has 0 spiro atoms. The smallest absolute Gasteiger partial charge is 0.262 e.